The van der Waals surface area contributed by atoms with Gasteiger partial charge in [-0.25, -0.2) is 8.78 Å². The van der Waals surface area contributed by atoms with E-state index < -0.39 is 17.7 Å². The molecule has 1 unspecified atom stereocenters. The smallest absolute Gasteiger partial charge is 0.182 e. The molecule has 0 radical (unpaired) electrons. The highest BCUT2D eigenvalue weighted by atomic mass is 79.9. The molecule has 0 amide bonds. The van der Waals surface area contributed by atoms with Crippen molar-refractivity contribution in [2.75, 3.05) is 7.05 Å². The van der Waals surface area contributed by atoms with E-state index in [9.17, 15) is 13.6 Å². The summed E-state index contributed by atoms with van der Waals surface area (Å²) < 4.78 is 27.6. The molecule has 0 saturated heterocycles. The third kappa shape index (κ3) is 3.96. The highest BCUT2D eigenvalue weighted by Gasteiger charge is 2.22. The number of hydrogen-bond donors (Lipinski definition) is 0. The van der Waals surface area contributed by atoms with E-state index in [0.29, 0.717) is 6.54 Å². The van der Waals surface area contributed by atoms with Crippen LogP contribution in [0, 0.1) is 11.6 Å². The third-order valence-corrected chi connectivity index (χ3v) is 4.84. The summed E-state index contributed by atoms with van der Waals surface area (Å²) in [7, 11) is 1.80. The van der Waals surface area contributed by atoms with Crippen molar-refractivity contribution in [3.63, 3.8) is 0 Å². The summed E-state index contributed by atoms with van der Waals surface area (Å²) in [6, 6.07) is 4.51. The summed E-state index contributed by atoms with van der Waals surface area (Å²) in [5.74, 6) is -1.86. The van der Waals surface area contributed by atoms with Gasteiger partial charge in [0.05, 0.1) is 15.4 Å². The Hall–Kier alpha value is -1.11. The largest absolute Gasteiger partial charge is 0.292 e. The van der Waals surface area contributed by atoms with Crippen LogP contribution in [0.25, 0.3) is 0 Å². The van der Waals surface area contributed by atoms with Crippen LogP contribution in [0.15, 0.2) is 33.4 Å². The fourth-order valence-electron chi connectivity index (χ4n) is 1.97. The van der Waals surface area contributed by atoms with Gasteiger partial charge in [-0.3, -0.25) is 9.69 Å². The molecule has 0 aliphatic heterocycles. The number of likely N-dealkylation sites (N-methyl/N-ethyl adjacent to an activating group) is 1. The van der Waals surface area contributed by atoms with Crippen molar-refractivity contribution in [1.82, 2.24) is 4.90 Å². The maximum absolute atomic E-state index is 13.7. The Labute approximate surface area is 134 Å². The average molecular weight is 374 g/mol. The molecule has 1 aromatic heterocycles. The minimum Gasteiger partial charge on any atom is -0.292 e. The van der Waals surface area contributed by atoms with E-state index in [1.165, 1.54) is 6.07 Å². The van der Waals surface area contributed by atoms with Crippen molar-refractivity contribution < 1.29 is 13.6 Å². The second-order valence-electron chi connectivity index (χ2n) is 4.84. The molecule has 0 fully saturated rings. The van der Waals surface area contributed by atoms with Gasteiger partial charge in [-0.2, -0.15) is 0 Å². The first-order valence-electron chi connectivity index (χ1n) is 6.31. The number of rotatable bonds is 5. The molecule has 0 aliphatic rings. The van der Waals surface area contributed by atoms with Crippen LogP contribution in [0.3, 0.4) is 0 Å². The fourth-order valence-corrected chi connectivity index (χ4v) is 3.17. The molecule has 112 valence electrons. The van der Waals surface area contributed by atoms with E-state index in [-0.39, 0.29) is 11.3 Å². The Balaban J connectivity index is 2.11. The zero-order chi connectivity index (χ0) is 15.6. The predicted molar refractivity (Wildman–Crippen MR) is 83.6 cm³/mol. The number of nitrogens with zero attached hydrogens (tertiary/aromatic N) is 1. The minimum atomic E-state index is -0.821. The lowest BCUT2D eigenvalue weighted by atomic mass is 10.0. The molecule has 0 spiro atoms. The SMILES string of the molecule is CC(C(=O)c1ccc(F)cc1F)N(C)Cc1csc(Br)c1. The number of Topliss-reactive ketones (excluding diaryl/α,β-unsaturated/α-hetero) is 1. The maximum atomic E-state index is 13.7. The molecular weight excluding hydrogens is 360 g/mol. The monoisotopic (exact) mass is 373 g/mol. The van der Waals surface area contributed by atoms with Crippen LogP contribution in [-0.2, 0) is 6.54 Å². The van der Waals surface area contributed by atoms with Crippen LogP contribution >= 0.6 is 27.3 Å². The number of carbonyl (C=O) groups excluding carboxylic acids is 1. The first-order valence-corrected chi connectivity index (χ1v) is 7.98. The summed E-state index contributed by atoms with van der Waals surface area (Å²) in [5, 5.41) is 2.00. The number of benzene rings is 1. The van der Waals surface area contributed by atoms with Gasteiger partial charge in [0, 0.05) is 12.6 Å². The van der Waals surface area contributed by atoms with E-state index in [1.54, 1.807) is 25.3 Å². The summed E-state index contributed by atoms with van der Waals surface area (Å²) in [5.41, 5.74) is 0.996. The van der Waals surface area contributed by atoms with Gasteiger partial charge in [-0.15, -0.1) is 11.3 Å². The molecule has 0 bridgehead atoms. The molecule has 2 nitrogen and oxygen atoms in total. The van der Waals surface area contributed by atoms with Crippen LogP contribution in [0.4, 0.5) is 8.78 Å². The van der Waals surface area contributed by atoms with E-state index in [4.69, 9.17) is 0 Å². The van der Waals surface area contributed by atoms with E-state index in [1.807, 2.05) is 16.3 Å². The van der Waals surface area contributed by atoms with Gasteiger partial charge in [0.25, 0.3) is 0 Å². The van der Waals surface area contributed by atoms with Crippen LogP contribution in [0.1, 0.15) is 22.8 Å². The highest BCUT2D eigenvalue weighted by molar-refractivity contribution is 9.11. The number of thiophene rings is 1. The first kappa shape index (κ1) is 16.3. The summed E-state index contributed by atoms with van der Waals surface area (Å²) in [6.07, 6.45) is 0. The molecule has 21 heavy (non-hydrogen) atoms. The lowest BCUT2D eigenvalue weighted by Gasteiger charge is -2.23. The Morgan fingerprint density at radius 2 is 2.10 bits per heavy atom. The lowest BCUT2D eigenvalue weighted by Crippen LogP contribution is -2.35. The first-order chi connectivity index (χ1) is 9.88. The number of ketones is 1. The zero-order valence-corrected chi connectivity index (χ0v) is 14.0. The molecule has 2 rings (SSSR count). The molecule has 0 N–H and O–H groups in total. The Morgan fingerprint density at radius 1 is 1.38 bits per heavy atom. The second-order valence-corrected chi connectivity index (χ2v) is 7.13. The molecule has 1 atom stereocenters. The summed E-state index contributed by atoms with van der Waals surface area (Å²) >= 11 is 4.96. The average Bonchev–Trinajstić information content (AvgIpc) is 2.82. The van der Waals surface area contributed by atoms with E-state index in [0.717, 1.165) is 21.5 Å². The van der Waals surface area contributed by atoms with Crippen molar-refractivity contribution in [3.05, 3.63) is 56.2 Å². The van der Waals surface area contributed by atoms with Crippen molar-refractivity contribution >= 4 is 33.0 Å². The minimum absolute atomic E-state index is 0.0813. The van der Waals surface area contributed by atoms with Crippen LogP contribution < -0.4 is 0 Å². The van der Waals surface area contributed by atoms with Crippen molar-refractivity contribution in [3.8, 4) is 0 Å². The van der Waals surface area contributed by atoms with Crippen LogP contribution in [0.5, 0.6) is 0 Å². The predicted octanol–water partition coefficient (Wildman–Crippen LogP) is 4.49. The molecule has 0 aliphatic carbocycles. The summed E-state index contributed by atoms with van der Waals surface area (Å²) in [6.45, 7) is 2.30. The van der Waals surface area contributed by atoms with Crippen molar-refractivity contribution in [2.45, 2.75) is 19.5 Å². The standard InChI is InChI=1S/C15H14BrF2NOS/c1-9(19(2)7-10-5-14(16)21-8-10)15(20)12-4-3-11(17)6-13(12)18/h3-6,8-9H,7H2,1-2H3. The second kappa shape index (κ2) is 6.77. The van der Waals surface area contributed by atoms with Gasteiger partial charge >= 0.3 is 0 Å². The Kier molecular flexibility index (Phi) is 5.24. The lowest BCUT2D eigenvalue weighted by molar-refractivity contribution is 0.0858. The van der Waals surface area contributed by atoms with Crippen molar-refractivity contribution in [2.24, 2.45) is 0 Å². The molecule has 2 aromatic rings. The fraction of sp³-hybridized carbons (Fsp3) is 0.267. The van der Waals surface area contributed by atoms with Crippen LogP contribution in [0.2, 0.25) is 0 Å². The van der Waals surface area contributed by atoms with Gasteiger partial charge in [0.1, 0.15) is 11.6 Å². The van der Waals surface area contributed by atoms with Crippen LogP contribution in [-0.4, -0.2) is 23.8 Å². The van der Waals surface area contributed by atoms with Gasteiger partial charge in [-0.05, 0) is 59.0 Å². The highest BCUT2D eigenvalue weighted by Crippen LogP contribution is 2.22. The quantitative estimate of drug-likeness (QED) is 0.719. The van der Waals surface area contributed by atoms with Crippen molar-refractivity contribution in [1.29, 1.82) is 0 Å². The summed E-state index contributed by atoms with van der Waals surface area (Å²) in [4.78, 5) is 14.1. The van der Waals surface area contributed by atoms with E-state index in [2.05, 4.69) is 15.9 Å². The normalized spacial score (nSPS) is 12.7. The number of hydrogen-bond acceptors (Lipinski definition) is 3. The van der Waals surface area contributed by atoms with Gasteiger partial charge < -0.3 is 0 Å². The van der Waals surface area contributed by atoms with E-state index >= 15 is 0 Å². The van der Waals surface area contributed by atoms with Gasteiger partial charge in [0.15, 0.2) is 5.78 Å². The molecule has 1 heterocycles. The van der Waals surface area contributed by atoms with Gasteiger partial charge in [-0.1, -0.05) is 0 Å². The Morgan fingerprint density at radius 3 is 2.67 bits per heavy atom. The van der Waals surface area contributed by atoms with Gasteiger partial charge in [0.2, 0.25) is 0 Å². The third-order valence-electron chi connectivity index (χ3n) is 3.29. The topological polar surface area (TPSA) is 20.3 Å². The molecular formula is C15H14BrF2NOS. The molecule has 0 saturated carbocycles. The Bertz CT molecular complexity index is 659. The number of halogens is 3. The number of carbonyl (C=O) groups is 1. The maximum Gasteiger partial charge on any atom is 0.182 e. The zero-order valence-electron chi connectivity index (χ0n) is 11.6. The molecule has 6 heteroatoms. The molecule has 1 aromatic carbocycles.